The van der Waals surface area contributed by atoms with Crippen LogP contribution in [0.1, 0.15) is 39.5 Å². The van der Waals surface area contributed by atoms with E-state index in [1.54, 1.807) is 11.3 Å². The zero-order valence-electron chi connectivity index (χ0n) is 9.76. The second kappa shape index (κ2) is 4.20. The van der Waals surface area contributed by atoms with Crippen LogP contribution >= 0.6 is 11.3 Å². The summed E-state index contributed by atoms with van der Waals surface area (Å²) < 4.78 is 0. The number of aromatic nitrogens is 2. The third-order valence-corrected chi connectivity index (χ3v) is 4.42. The molecule has 0 aliphatic heterocycles. The lowest BCUT2D eigenvalue weighted by Gasteiger charge is -2.17. The van der Waals surface area contributed by atoms with Crippen LogP contribution in [0.5, 0.6) is 0 Å². The smallest absolute Gasteiger partial charge is 0.0897 e. The second-order valence-electron chi connectivity index (χ2n) is 4.50. The van der Waals surface area contributed by atoms with Gasteiger partial charge in [-0.25, -0.2) is 4.98 Å². The van der Waals surface area contributed by atoms with Crippen LogP contribution in [0.25, 0.3) is 0 Å². The highest BCUT2D eigenvalue weighted by molar-refractivity contribution is 7.11. The molecular weight excluding hydrogens is 230 g/mol. The van der Waals surface area contributed by atoms with Crippen molar-refractivity contribution in [3.63, 3.8) is 0 Å². The standard InChI is InChI=1S/C13H15N3S/c1-8-16-7-11(17-8)12(14)10-5-4-9-3-2-6-15-13(9)10/h2-3,6-7,10,12H,4-5,14H2,1H3. The Morgan fingerprint density at radius 1 is 1.47 bits per heavy atom. The van der Waals surface area contributed by atoms with Gasteiger partial charge in [-0.15, -0.1) is 11.3 Å². The molecule has 0 fully saturated rings. The van der Waals surface area contributed by atoms with Gasteiger partial charge in [-0.05, 0) is 31.4 Å². The van der Waals surface area contributed by atoms with E-state index in [1.807, 2.05) is 25.4 Å². The first-order chi connectivity index (χ1) is 8.25. The van der Waals surface area contributed by atoms with Crippen LogP contribution in [0.4, 0.5) is 0 Å². The van der Waals surface area contributed by atoms with Crippen molar-refractivity contribution in [1.82, 2.24) is 9.97 Å². The van der Waals surface area contributed by atoms with E-state index < -0.39 is 0 Å². The first-order valence-electron chi connectivity index (χ1n) is 5.87. The molecule has 0 amide bonds. The largest absolute Gasteiger partial charge is 0.323 e. The molecule has 0 saturated carbocycles. The van der Waals surface area contributed by atoms with Crippen molar-refractivity contribution >= 4 is 11.3 Å². The lowest BCUT2D eigenvalue weighted by Crippen LogP contribution is -2.17. The summed E-state index contributed by atoms with van der Waals surface area (Å²) in [5.41, 5.74) is 8.90. The van der Waals surface area contributed by atoms with E-state index in [1.165, 1.54) is 16.1 Å². The van der Waals surface area contributed by atoms with Crippen LogP contribution in [0.3, 0.4) is 0 Å². The Balaban J connectivity index is 1.92. The van der Waals surface area contributed by atoms with Gasteiger partial charge in [0.1, 0.15) is 0 Å². The Labute approximate surface area is 105 Å². The highest BCUT2D eigenvalue weighted by Gasteiger charge is 2.30. The van der Waals surface area contributed by atoms with Gasteiger partial charge in [-0.2, -0.15) is 0 Å². The molecule has 0 bridgehead atoms. The zero-order chi connectivity index (χ0) is 11.8. The fourth-order valence-corrected chi connectivity index (χ4v) is 3.38. The normalized spacial score (nSPS) is 20.2. The quantitative estimate of drug-likeness (QED) is 0.884. The predicted octanol–water partition coefficient (Wildman–Crippen LogP) is 2.58. The van der Waals surface area contributed by atoms with Crippen molar-refractivity contribution in [2.75, 3.05) is 0 Å². The maximum Gasteiger partial charge on any atom is 0.0897 e. The third kappa shape index (κ3) is 1.87. The lowest BCUT2D eigenvalue weighted by atomic mass is 9.97. The minimum absolute atomic E-state index is 0.0392. The first-order valence-corrected chi connectivity index (χ1v) is 6.69. The average Bonchev–Trinajstić information content (AvgIpc) is 2.94. The Morgan fingerprint density at radius 3 is 3.12 bits per heavy atom. The van der Waals surface area contributed by atoms with Gasteiger partial charge in [0, 0.05) is 34.9 Å². The molecule has 1 aliphatic carbocycles. The van der Waals surface area contributed by atoms with Crippen LogP contribution in [-0.4, -0.2) is 9.97 Å². The SMILES string of the molecule is Cc1ncc(C(N)C2CCc3cccnc32)s1. The van der Waals surface area contributed by atoms with E-state index >= 15 is 0 Å². The summed E-state index contributed by atoms with van der Waals surface area (Å²) in [5, 5.41) is 1.08. The van der Waals surface area contributed by atoms with Crippen molar-refractivity contribution in [3.05, 3.63) is 45.7 Å². The van der Waals surface area contributed by atoms with Gasteiger partial charge in [-0.1, -0.05) is 6.07 Å². The maximum atomic E-state index is 6.36. The van der Waals surface area contributed by atoms with Gasteiger partial charge in [0.05, 0.1) is 5.01 Å². The number of nitrogens with two attached hydrogens (primary N) is 1. The summed E-state index contributed by atoms with van der Waals surface area (Å²) in [6, 6.07) is 4.20. The van der Waals surface area contributed by atoms with E-state index in [0.29, 0.717) is 5.92 Å². The molecule has 0 saturated heterocycles. The summed E-state index contributed by atoms with van der Waals surface area (Å²) in [6.07, 6.45) is 5.97. The van der Waals surface area contributed by atoms with Gasteiger partial charge in [0.25, 0.3) is 0 Å². The molecule has 88 valence electrons. The van der Waals surface area contributed by atoms with Crippen molar-refractivity contribution in [3.8, 4) is 0 Å². The van der Waals surface area contributed by atoms with Crippen molar-refractivity contribution in [2.45, 2.75) is 31.7 Å². The number of thiazole rings is 1. The minimum atomic E-state index is 0.0392. The van der Waals surface area contributed by atoms with E-state index in [9.17, 15) is 0 Å². The summed E-state index contributed by atoms with van der Waals surface area (Å²) in [6.45, 7) is 2.02. The first kappa shape index (κ1) is 10.9. The van der Waals surface area contributed by atoms with Crippen LogP contribution in [0.15, 0.2) is 24.5 Å². The monoisotopic (exact) mass is 245 g/mol. The molecule has 3 nitrogen and oxygen atoms in total. The lowest BCUT2D eigenvalue weighted by molar-refractivity contribution is 0.547. The molecule has 2 N–H and O–H groups in total. The van der Waals surface area contributed by atoms with Gasteiger partial charge >= 0.3 is 0 Å². The number of aryl methyl sites for hydroxylation is 2. The average molecular weight is 245 g/mol. The minimum Gasteiger partial charge on any atom is -0.323 e. The van der Waals surface area contributed by atoms with Crippen LogP contribution < -0.4 is 5.73 Å². The molecule has 17 heavy (non-hydrogen) atoms. The second-order valence-corrected chi connectivity index (χ2v) is 5.77. The highest BCUT2D eigenvalue weighted by Crippen LogP contribution is 2.40. The van der Waals surface area contributed by atoms with E-state index in [4.69, 9.17) is 5.73 Å². The number of rotatable bonds is 2. The van der Waals surface area contributed by atoms with E-state index in [0.717, 1.165) is 17.8 Å². The molecule has 2 heterocycles. The van der Waals surface area contributed by atoms with Gasteiger partial charge < -0.3 is 5.73 Å². The van der Waals surface area contributed by atoms with E-state index in [-0.39, 0.29) is 6.04 Å². The predicted molar refractivity (Wildman–Crippen MR) is 69.1 cm³/mol. The molecule has 2 atom stereocenters. The van der Waals surface area contributed by atoms with Crippen molar-refractivity contribution in [1.29, 1.82) is 0 Å². The third-order valence-electron chi connectivity index (χ3n) is 3.40. The molecule has 2 aromatic heterocycles. The Morgan fingerprint density at radius 2 is 2.35 bits per heavy atom. The van der Waals surface area contributed by atoms with Gasteiger partial charge in [-0.3, -0.25) is 4.98 Å². The zero-order valence-corrected chi connectivity index (χ0v) is 10.6. The van der Waals surface area contributed by atoms with Crippen LogP contribution in [0, 0.1) is 6.92 Å². The van der Waals surface area contributed by atoms with Crippen LogP contribution in [-0.2, 0) is 6.42 Å². The van der Waals surface area contributed by atoms with Crippen molar-refractivity contribution < 1.29 is 0 Å². The molecular formula is C13H15N3S. The summed E-state index contributed by atoms with van der Waals surface area (Å²) in [5.74, 6) is 0.353. The molecule has 4 heteroatoms. The fraction of sp³-hybridized carbons (Fsp3) is 0.385. The maximum absolute atomic E-state index is 6.36. The van der Waals surface area contributed by atoms with E-state index in [2.05, 4.69) is 16.0 Å². The molecule has 3 rings (SSSR count). The van der Waals surface area contributed by atoms with Gasteiger partial charge in [0.2, 0.25) is 0 Å². The Kier molecular flexibility index (Phi) is 2.68. The number of fused-ring (bicyclic) bond motifs is 1. The van der Waals surface area contributed by atoms with Gasteiger partial charge in [0.15, 0.2) is 0 Å². The summed E-state index contributed by atoms with van der Waals surface area (Å²) >= 11 is 1.69. The number of nitrogens with zero attached hydrogens (tertiary/aromatic N) is 2. The molecule has 2 unspecified atom stereocenters. The van der Waals surface area contributed by atoms with Crippen molar-refractivity contribution in [2.24, 2.45) is 5.73 Å². The Hall–Kier alpha value is -1.26. The highest BCUT2D eigenvalue weighted by atomic mass is 32.1. The Bertz CT molecular complexity index is 535. The number of hydrogen-bond acceptors (Lipinski definition) is 4. The summed E-state index contributed by atoms with van der Waals surface area (Å²) in [7, 11) is 0. The molecule has 0 spiro atoms. The molecule has 1 aliphatic rings. The fourth-order valence-electron chi connectivity index (χ4n) is 2.52. The molecule has 0 aromatic carbocycles. The summed E-state index contributed by atoms with van der Waals surface area (Å²) in [4.78, 5) is 9.95. The number of hydrogen-bond donors (Lipinski definition) is 1. The topological polar surface area (TPSA) is 51.8 Å². The molecule has 0 radical (unpaired) electrons. The molecule has 2 aromatic rings. The van der Waals surface area contributed by atoms with Crippen LogP contribution in [0.2, 0.25) is 0 Å². The number of pyridine rings is 1.